The van der Waals surface area contributed by atoms with Crippen molar-refractivity contribution in [3.8, 4) is 11.4 Å². The number of anilines is 1. The average Bonchev–Trinajstić information content (AvgIpc) is 3.09. The van der Waals surface area contributed by atoms with Crippen molar-refractivity contribution in [3.05, 3.63) is 57.5 Å². The molecular weight excluding hydrogens is 476 g/mol. The molecule has 1 heterocycles. The Morgan fingerprint density at radius 1 is 1.28 bits per heavy atom. The van der Waals surface area contributed by atoms with Crippen LogP contribution in [0.2, 0.25) is 5.02 Å². The van der Waals surface area contributed by atoms with E-state index < -0.39 is 0 Å². The van der Waals surface area contributed by atoms with Crippen molar-refractivity contribution in [3.63, 3.8) is 0 Å². The molecule has 1 N–H and O–H groups in total. The lowest BCUT2D eigenvalue weighted by Crippen LogP contribution is -2.15. The van der Waals surface area contributed by atoms with Gasteiger partial charge in [0.05, 0.1) is 29.6 Å². The number of thioether (sulfide) groups is 1. The molecule has 152 valence electrons. The van der Waals surface area contributed by atoms with Gasteiger partial charge in [0.25, 0.3) is 0 Å². The molecule has 0 radical (unpaired) electrons. The third kappa shape index (κ3) is 5.82. The van der Waals surface area contributed by atoms with Gasteiger partial charge >= 0.3 is 0 Å². The molecule has 6 nitrogen and oxygen atoms in total. The van der Waals surface area contributed by atoms with Crippen LogP contribution < -0.4 is 5.32 Å². The van der Waals surface area contributed by atoms with E-state index in [2.05, 4.69) is 37.5 Å². The summed E-state index contributed by atoms with van der Waals surface area (Å²) in [4.78, 5) is 12.4. The summed E-state index contributed by atoms with van der Waals surface area (Å²) < 4.78 is 8.06. The minimum atomic E-state index is -0.169. The fourth-order valence-electron chi connectivity index (χ4n) is 2.68. The summed E-state index contributed by atoms with van der Waals surface area (Å²) in [5.41, 5.74) is 2.69. The van der Waals surface area contributed by atoms with E-state index in [0.29, 0.717) is 29.0 Å². The predicted molar refractivity (Wildman–Crippen MR) is 121 cm³/mol. The van der Waals surface area contributed by atoms with Gasteiger partial charge in [0, 0.05) is 17.1 Å². The number of methoxy groups -OCH3 is 1. The second-order valence-electron chi connectivity index (χ2n) is 6.28. The largest absolute Gasteiger partial charge is 0.383 e. The van der Waals surface area contributed by atoms with Crippen molar-refractivity contribution in [2.45, 2.75) is 18.6 Å². The highest BCUT2D eigenvalue weighted by molar-refractivity contribution is 9.10. The molecule has 9 heteroatoms. The van der Waals surface area contributed by atoms with Gasteiger partial charge in [-0.05, 0) is 31.2 Å². The SMILES string of the molecule is COCCn1c(SCC(=O)Nc2ccc(Br)cc2Cl)nnc1-c1cccc(C)c1. The fraction of sp³-hybridized carbons (Fsp3) is 0.250. The lowest BCUT2D eigenvalue weighted by Gasteiger charge is -2.10. The maximum atomic E-state index is 12.4. The van der Waals surface area contributed by atoms with Gasteiger partial charge in [-0.1, -0.05) is 63.1 Å². The van der Waals surface area contributed by atoms with Crippen LogP contribution in [-0.4, -0.2) is 40.1 Å². The molecule has 1 aromatic heterocycles. The molecule has 0 spiro atoms. The first-order valence-corrected chi connectivity index (χ1v) is 11.0. The first-order chi connectivity index (χ1) is 14.0. The first kappa shape index (κ1) is 21.8. The molecule has 0 atom stereocenters. The zero-order valence-electron chi connectivity index (χ0n) is 16.0. The molecule has 0 aliphatic heterocycles. The number of nitrogens with one attached hydrogen (secondary N) is 1. The van der Waals surface area contributed by atoms with Crippen LogP contribution in [0.3, 0.4) is 0 Å². The summed E-state index contributed by atoms with van der Waals surface area (Å²) in [6.07, 6.45) is 0. The number of carbonyl (C=O) groups excluding carboxylic acids is 1. The Morgan fingerprint density at radius 2 is 2.10 bits per heavy atom. The number of amides is 1. The van der Waals surface area contributed by atoms with Gasteiger partial charge in [-0.2, -0.15) is 0 Å². The topological polar surface area (TPSA) is 69.0 Å². The Kier molecular flexibility index (Phi) is 7.71. The van der Waals surface area contributed by atoms with E-state index in [-0.39, 0.29) is 11.7 Å². The Hall–Kier alpha value is -1.87. The van der Waals surface area contributed by atoms with Crippen molar-refractivity contribution in [2.75, 3.05) is 24.8 Å². The highest BCUT2D eigenvalue weighted by Gasteiger charge is 2.16. The van der Waals surface area contributed by atoms with Gasteiger partial charge in [-0.25, -0.2) is 0 Å². The second kappa shape index (κ2) is 10.2. The zero-order valence-corrected chi connectivity index (χ0v) is 19.1. The summed E-state index contributed by atoms with van der Waals surface area (Å²) in [6.45, 7) is 3.15. The highest BCUT2D eigenvalue weighted by atomic mass is 79.9. The molecule has 0 aliphatic rings. The third-order valence-electron chi connectivity index (χ3n) is 4.05. The molecule has 0 unspecified atom stereocenters. The molecular formula is C20H20BrClN4O2S. The molecule has 29 heavy (non-hydrogen) atoms. The number of hydrogen-bond donors (Lipinski definition) is 1. The number of aromatic nitrogens is 3. The lowest BCUT2D eigenvalue weighted by atomic mass is 10.1. The summed E-state index contributed by atoms with van der Waals surface area (Å²) in [7, 11) is 1.65. The number of rotatable bonds is 8. The van der Waals surface area contributed by atoms with Crippen LogP contribution in [0.15, 0.2) is 52.1 Å². The quantitative estimate of drug-likeness (QED) is 0.443. The van der Waals surface area contributed by atoms with Crippen LogP contribution in [0.4, 0.5) is 5.69 Å². The van der Waals surface area contributed by atoms with Gasteiger partial charge in [0.15, 0.2) is 11.0 Å². The number of aryl methyl sites for hydroxylation is 1. The molecule has 0 bridgehead atoms. The molecule has 3 aromatic rings. The molecule has 2 aromatic carbocycles. The first-order valence-electron chi connectivity index (χ1n) is 8.85. The Balaban J connectivity index is 1.73. The van der Waals surface area contributed by atoms with Crippen molar-refractivity contribution in [1.29, 1.82) is 0 Å². The Morgan fingerprint density at radius 3 is 2.83 bits per heavy atom. The van der Waals surface area contributed by atoms with Crippen LogP contribution >= 0.6 is 39.3 Å². The fourth-order valence-corrected chi connectivity index (χ4v) is 4.17. The summed E-state index contributed by atoms with van der Waals surface area (Å²) in [5, 5.41) is 12.6. The summed E-state index contributed by atoms with van der Waals surface area (Å²) in [6, 6.07) is 13.4. The smallest absolute Gasteiger partial charge is 0.234 e. The number of nitrogens with zero attached hydrogens (tertiary/aromatic N) is 3. The van der Waals surface area contributed by atoms with Crippen LogP contribution in [0, 0.1) is 6.92 Å². The van der Waals surface area contributed by atoms with Gasteiger partial charge in [0.1, 0.15) is 0 Å². The third-order valence-corrected chi connectivity index (χ3v) is 5.82. The molecule has 0 fully saturated rings. The lowest BCUT2D eigenvalue weighted by molar-refractivity contribution is -0.113. The maximum Gasteiger partial charge on any atom is 0.234 e. The van der Waals surface area contributed by atoms with Crippen LogP contribution in [-0.2, 0) is 16.1 Å². The average molecular weight is 496 g/mol. The molecule has 0 aliphatic carbocycles. The van der Waals surface area contributed by atoms with Crippen molar-refractivity contribution < 1.29 is 9.53 Å². The number of carbonyl (C=O) groups is 1. The predicted octanol–water partition coefficient (Wildman–Crippen LogP) is 5.05. The number of hydrogen-bond acceptors (Lipinski definition) is 5. The van der Waals surface area contributed by atoms with E-state index in [4.69, 9.17) is 16.3 Å². The molecule has 3 rings (SSSR count). The minimum Gasteiger partial charge on any atom is -0.383 e. The van der Waals surface area contributed by atoms with Crippen LogP contribution in [0.25, 0.3) is 11.4 Å². The van der Waals surface area contributed by atoms with E-state index in [1.165, 1.54) is 11.8 Å². The normalized spacial score (nSPS) is 10.9. The minimum absolute atomic E-state index is 0.169. The summed E-state index contributed by atoms with van der Waals surface area (Å²) in [5.74, 6) is 0.771. The highest BCUT2D eigenvalue weighted by Crippen LogP contribution is 2.27. The van der Waals surface area contributed by atoms with Gasteiger partial charge in [-0.3, -0.25) is 9.36 Å². The van der Waals surface area contributed by atoms with E-state index in [0.717, 1.165) is 21.4 Å². The van der Waals surface area contributed by atoms with Crippen LogP contribution in [0.5, 0.6) is 0 Å². The van der Waals surface area contributed by atoms with Crippen molar-refractivity contribution in [1.82, 2.24) is 14.8 Å². The van der Waals surface area contributed by atoms with Crippen molar-refractivity contribution in [2.24, 2.45) is 0 Å². The molecule has 0 saturated carbocycles. The van der Waals surface area contributed by atoms with Crippen LogP contribution in [0.1, 0.15) is 5.56 Å². The second-order valence-corrected chi connectivity index (χ2v) is 8.55. The maximum absolute atomic E-state index is 12.4. The standard InChI is InChI=1S/C20H20BrClN4O2S/c1-13-4-3-5-14(10-13)19-24-25-20(26(19)8-9-28-2)29-12-18(27)23-17-7-6-15(21)11-16(17)22/h3-7,10-11H,8-9,12H2,1-2H3,(H,23,27). The van der Waals surface area contributed by atoms with Gasteiger partial charge in [-0.15, -0.1) is 10.2 Å². The Labute approximate surface area is 187 Å². The summed E-state index contributed by atoms with van der Waals surface area (Å²) >= 11 is 10.8. The molecule has 1 amide bonds. The zero-order chi connectivity index (χ0) is 20.8. The van der Waals surface area contributed by atoms with E-state index in [1.54, 1.807) is 19.2 Å². The van der Waals surface area contributed by atoms with Crippen molar-refractivity contribution >= 4 is 50.9 Å². The number of benzene rings is 2. The Bertz CT molecular complexity index is 1010. The molecule has 0 saturated heterocycles. The van der Waals surface area contributed by atoms with E-state index in [1.807, 2.05) is 35.8 Å². The monoisotopic (exact) mass is 494 g/mol. The van der Waals surface area contributed by atoms with E-state index in [9.17, 15) is 4.79 Å². The number of ether oxygens (including phenoxy) is 1. The number of halogens is 2. The van der Waals surface area contributed by atoms with Gasteiger partial charge in [0.2, 0.25) is 5.91 Å². The van der Waals surface area contributed by atoms with E-state index >= 15 is 0 Å². The van der Waals surface area contributed by atoms with Gasteiger partial charge < -0.3 is 10.1 Å².